The van der Waals surface area contributed by atoms with Crippen molar-refractivity contribution in [2.75, 3.05) is 20.8 Å². The van der Waals surface area contributed by atoms with Crippen LogP contribution in [0.1, 0.15) is 19.3 Å². The van der Waals surface area contributed by atoms with Gasteiger partial charge in [-0.25, -0.2) is 0 Å². The SMILES string of the molecule is COC(CNOC(=O)C(CC=O)CCC=O)OC. The van der Waals surface area contributed by atoms with E-state index in [2.05, 4.69) is 5.48 Å². The van der Waals surface area contributed by atoms with Gasteiger partial charge in [0.05, 0.1) is 12.5 Å². The lowest BCUT2D eigenvalue weighted by atomic mass is 10.0. The van der Waals surface area contributed by atoms with Gasteiger partial charge in [-0.3, -0.25) is 4.79 Å². The molecular formula is C11H19NO6. The number of rotatable bonds is 11. The van der Waals surface area contributed by atoms with Crippen molar-refractivity contribution < 1.29 is 28.7 Å². The summed E-state index contributed by atoms with van der Waals surface area (Å²) in [7, 11) is 2.91. The average Bonchev–Trinajstić information content (AvgIpc) is 2.39. The van der Waals surface area contributed by atoms with E-state index in [1.807, 2.05) is 0 Å². The molecule has 1 unspecified atom stereocenters. The topological polar surface area (TPSA) is 90.9 Å². The highest BCUT2D eigenvalue weighted by Crippen LogP contribution is 2.10. The monoisotopic (exact) mass is 261 g/mol. The fraction of sp³-hybridized carbons (Fsp3) is 0.727. The first-order valence-electron chi connectivity index (χ1n) is 5.56. The molecule has 0 rings (SSSR count). The summed E-state index contributed by atoms with van der Waals surface area (Å²) in [5.74, 6) is -1.18. The van der Waals surface area contributed by atoms with Crippen LogP contribution in [0.2, 0.25) is 0 Å². The van der Waals surface area contributed by atoms with E-state index < -0.39 is 18.2 Å². The van der Waals surface area contributed by atoms with Crippen LogP contribution in [0, 0.1) is 5.92 Å². The third-order valence-corrected chi connectivity index (χ3v) is 2.30. The summed E-state index contributed by atoms with van der Waals surface area (Å²) in [5, 5.41) is 0. The molecule has 0 heterocycles. The second-order valence-corrected chi connectivity index (χ2v) is 3.51. The number of aldehydes is 2. The molecule has 1 N–H and O–H groups in total. The maximum Gasteiger partial charge on any atom is 0.328 e. The fourth-order valence-corrected chi connectivity index (χ4v) is 1.24. The minimum Gasteiger partial charge on any atom is -0.370 e. The van der Waals surface area contributed by atoms with Crippen LogP contribution in [0.25, 0.3) is 0 Å². The first-order chi connectivity index (χ1) is 8.69. The number of methoxy groups -OCH3 is 2. The molecule has 18 heavy (non-hydrogen) atoms. The summed E-state index contributed by atoms with van der Waals surface area (Å²) in [4.78, 5) is 36.9. The Kier molecular flexibility index (Phi) is 10.0. The third-order valence-electron chi connectivity index (χ3n) is 2.30. The Hall–Kier alpha value is -1.31. The minimum absolute atomic E-state index is 0.0341. The van der Waals surface area contributed by atoms with Crippen molar-refractivity contribution in [1.29, 1.82) is 0 Å². The molecule has 7 nitrogen and oxygen atoms in total. The van der Waals surface area contributed by atoms with E-state index in [9.17, 15) is 14.4 Å². The van der Waals surface area contributed by atoms with Crippen molar-refractivity contribution in [2.45, 2.75) is 25.6 Å². The summed E-state index contributed by atoms with van der Waals surface area (Å²) in [6, 6.07) is 0. The van der Waals surface area contributed by atoms with E-state index in [1.54, 1.807) is 0 Å². The van der Waals surface area contributed by atoms with E-state index in [1.165, 1.54) is 14.2 Å². The molecule has 0 bridgehead atoms. The number of hydrogen-bond donors (Lipinski definition) is 1. The van der Waals surface area contributed by atoms with Gasteiger partial charge in [0.2, 0.25) is 0 Å². The molecule has 0 aromatic rings. The van der Waals surface area contributed by atoms with Crippen molar-refractivity contribution >= 4 is 18.5 Å². The molecule has 0 spiro atoms. The van der Waals surface area contributed by atoms with Gasteiger partial charge in [0.15, 0.2) is 6.29 Å². The first kappa shape index (κ1) is 16.7. The quantitative estimate of drug-likeness (QED) is 0.314. The highest BCUT2D eigenvalue weighted by molar-refractivity contribution is 5.75. The lowest BCUT2D eigenvalue weighted by Crippen LogP contribution is -2.33. The molecular weight excluding hydrogens is 242 g/mol. The largest absolute Gasteiger partial charge is 0.370 e. The summed E-state index contributed by atoms with van der Waals surface area (Å²) < 4.78 is 9.75. The van der Waals surface area contributed by atoms with Gasteiger partial charge in [-0.05, 0) is 6.42 Å². The molecule has 0 aromatic carbocycles. The van der Waals surface area contributed by atoms with Gasteiger partial charge < -0.3 is 23.9 Å². The molecule has 0 saturated heterocycles. The molecule has 0 aliphatic carbocycles. The smallest absolute Gasteiger partial charge is 0.328 e. The van der Waals surface area contributed by atoms with E-state index in [4.69, 9.17) is 14.3 Å². The van der Waals surface area contributed by atoms with Crippen molar-refractivity contribution in [3.05, 3.63) is 0 Å². The first-order valence-corrected chi connectivity index (χ1v) is 5.56. The molecule has 0 radical (unpaired) electrons. The molecule has 0 aliphatic heterocycles. The van der Waals surface area contributed by atoms with Crippen LogP contribution in [-0.2, 0) is 28.7 Å². The molecule has 0 amide bonds. The Morgan fingerprint density at radius 2 is 1.89 bits per heavy atom. The molecule has 0 fully saturated rings. The Morgan fingerprint density at radius 3 is 2.39 bits per heavy atom. The summed E-state index contributed by atoms with van der Waals surface area (Å²) in [6.45, 7) is 0.167. The van der Waals surface area contributed by atoms with Crippen LogP contribution in [-0.4, -0.2) is 45.6 Å². The standard InChI is InChI=1S/C11H19NO6/c1-16-10(17-2)8-12-18-11(15)9(5-7-14)4-3-6-13/h6-7,9-10,12H,3-5,8H2,1-2H3. The molecule has 0 aromatic heterocycles. The number of carbonyl (C=O) groups excluding carboxylic acids is 3. The zero-order valence-electron chi connectivity index (χ0n) is 10.6. The third kappa shape index (κ3) is 7.10. The highest BCUT2D eigenvalue weighted by Gasteiger charge is 2.20. The fourth-order valence-electron chi connectivity index (χ4n) is 1.24. The second kappa shape index (κ2) is 10.8. The van der Waals surface area contributed by atoms with Crippen LogP contribution in [0.3, 0.4) is 0 Å². The van der Waals surface area contributed by atoms with E-state index in [-0.39, 0.29) is 19.4 Å². The zero-order valence-corrected chi connectivity index (χ0v) is 10.6. The highest BCUT2D eigenvalue weighted by atomic mass is 16.7. The van der Waals surface area contributed by atoms with Crippen molar-refractivity contribution in [3.63, 3.8) is 0 Å². The van der Waals surface area contributed by atoms with E-state index in [0.717, 1.165) is 0 Å². The number of carbonyl (C=O) groups is 3. The number of hydroxylamine groups is 1. The van der Waals surface area contributed by atoms with E-state index >= 15 is 0 Å². The Balaban J connectivity index is 4.00. The summed E-state index contributed by atoms with van der Waals surface area (Å²) >= 11 is 0. The van der Waals surface area contributed by atoms with Crippen LogP contribution >= 0.6 is 0 Å². The maximum atomic E-state index is 11.6. The summed E-state index contributed by atoms with van der Waals surface area (Å²) in [5.41, 5.74) is 2.40. The predicted octanol–water partition coefficient (Wildman–Crippen LogP) is -0.163. The van der Waals surface area contributed by atoms with Crippen molar-refractivity contribution in [1.82, 2.24) is 5.48 Å². The van der Waals surface area contributed by atoms with Crippen LogP contribution in [0.4, 0.5) is 0 Å². The maximum absolute atomic E-state index is 11.6. The Bertz CT molecular complexity index is 254. The van der Waals surface area contributed by atoms with Gasteiger partial charge in [-0.15, -0.1) is 5.48 Å². The second-order valence-electron chi connectivity index (χ2n) is 3.51. The van der Waals surface area contributed by atoms with Crippen molar-refractivity contribution in [3.8, 4) is 0 Å². The molecule has 0 aliphatic rings. The molecule has 1 atom stereocenters. The molecule has 7 heteroatoms. The van der Waals surface area contributed by atoms with Gasteiger partial charge >= 0.3 is 5.97 Å². The van der Waals surface area contributed by atoms with Crippen molar-refractivity contribution in [2.24, 2.45) is 5.92 Å². The summed E-state index contributed by atoms with van der Waals surface area (Å²) in [6.07, 6.45) is 1.34. The van der Waals surface area contributed by atoms with Crippen LogP contribution in [0.15, 0.2) is 0 Å². The zero-order chi connectivity index (χ0) is 13.8. The van der Waals surface area contributed by atoms with E-state index in [0.29, 0.717) is 19.0 Å². The minimum atomic E-state index is -0.608. The van der Waals surface area contributed by atoms with Gasteiger partial charge in [-0.1, -0.05) is 0 Å². The average molecular weight is 261 g/mol. The molecule has 104 valence electrons. The number of hydrogen-bond acceptors (Lipinski definition) is 7. The normalized spacial score (nSPS) is 12.2. The van der Waals surface area contributed by atoms with Crippen LogP contribution in [0.5, 0.6) is 0 Å². The van der Waals surface area contributed by atoms with Gasteiger partial charge in [0, 0.05) is 27.1 Å². The predicted molar refractivity (Wildman–Crippen MR) is 61.4 cm³/mol. The van der Waals surface area contributed by atoms with Gasteiger partial charge in [-0.2, -0.15) is 0 Å². The lowest BCUT2D eigenvalue weighted by molar-refractivity contribution is -0.164. The number of nitrogens with one attached hydrogen (secondary N) is 1. The Morgan fingerprint density at radius 1 is 1.22 bits per heavy atom. The molecule has 0 saturated carbocycles. The van der Waals surface area contributed by atoms with Crippen LogP contribution < -0.4 is 5.48 Å². The van der Waals surface area contributed by atoms with Gasteiger partial charge in [0.1, 0.15) is 12.6 Å². The lowest BCUT2D eigenvalue weighted by Gasteiger charge is -2.16. The van der Waals surface area contributed by atoms with Gasteiger partial charge in [0.25, 0.3) is 0 Å². The number of ether oxygens (including phenoxy) is 2. The Labute approximate surface area is 106 Å².